The smallest absolute Gasteiger partial charge is 0.269 e. The molecule has 0 bridgehead atoms. The van der Waals surface area contributed by atoms with Gasteiger partial charge in [0, 0.05) is 35.4 Å². The lowest BCUT2D eigenvalue weighted by Crippen LogP contribution is -2.17. The molecule has 0 aromatic heterocycles. The third kappa shape index (κ3) is 3.39. The normalized spacial score (nSPS) is 10.4. The Morgan fingerprint density at radius 1 is 1.29 bits per heavy atom. The Morgan fingerprint density at radius 2 is 2.05 bits per heavy atom. The van der Waals surface area contributed by atoms with Crippen molar-refractivity contribution in [3.05, 3.63) is 64.0 Å². The SMILES string of the molecule is CCN(c1cccc(F)c1)c1ccc([N+](=O)[O-])cc1CBr. The molecule has 0 heterocycles. The summed E-state index contributed by atoms with van der Waals surface area (Å²) in [4.78, 5) is 12.4. The number of alkyl halides is 1. The quantitative estimate of drug-likeness (QED) is 0.441. The predicted octanol–water partition coefficient (Wildman–Crippen LogP) is 4.79. The zero-order valence-corrected chi connectivity index (χ0v) is 13.0. The van der Waals surface area contributed by atoms with E-state index in [1.54, 1.807) is 12.1 Å². The summed E-state index contributed by atoms with van der Waals surface area (Å²) in [6.45, 7) is 2.57. The van der Waals surface area contributed by atoms with Crippen LogP contribution >= 0.6 is 15.9 Å². The Bertz CT molecular complexity index is 664. The molecule has 0 aliphatic heterocycles. The molecule has 0 radical (unpaired) electrons. The van der Waals surface area contributed by atoms with Crippen LogP contribution in [0.15, 0.2) is 42.5 Å². The van der Waals surface area contributed by atoms with Crippen LogP contribution in [-0.4, -0.2) is 11.5 Å². The second-order valence-corrected chi connectivity index (χ2v) is 4.99. The van der Waals surface area contributed by atoms with E-state index in [0.29, 0.717) is 17.6 Å². The van der Waals surface area contributed by atoms with Crippen LogP contribution in [0.4, 0.5) is 21.5 Å². The minimum atomic E-state index is -0.422. The van der Waals surface area contributed by atoms with Crippen molar-refractivity contribution >= 4 is 33.0 Å². The molecule has 2 aromatic rings. The van der Waals surface area contributed by atoms with E-state index >= 15 is 0 Å². The summed E-state index contributed by atoms with van der Waals surface area (Å²) in [5.74, 6) is -0.312. The number of hydrogen-bond donors (Lipinski definition) is 0. The molecule has 2 rings (SSSR count). The highest BCUT2D eigenvalue weighted by molar-refractivity contribution is 9.08. The zero-order chi connectivity index (χ0) is 15.4. The third-order valence-corrected chi connectivity index (χ3v) is 3.75. The van der Waals surface area contributed by atoms with E-state index in [2.05, 4.69) is 15.9 Å². The van der Waals surface area contributed by atoms with Crippen molar-refractivity contribution in [2.45, 2.75) is 12.3 Å². The standard InChI is InChI=1S/C15H14BrFN2O2/c1-2-18(13-5-3-4-12(17)9-13)15-7-6-14(19(20)21)8-11(15)10-16/h3-9H,2,10H2,1H3. The fourth-order valence-electron chi connectivity index (χ4n) is 2.19. The lowest BCUT2D eigenvalue weighted by molar-refractivity contribution is -0.384. The van der Waals surface area contributed by atoms with Crippen LogP contribution < -0.4 is 4.90 Å². The van der Waals surface area contributed by atoms with Gasteiger partial charge in [0.05, 0.1) is 4.92 Å². The molecule has 0 N–H and O–H groups in total. The number of non-ortho nitro benzene ring substituents is 1. The Labute approximate surface area is 130 Å². The van der Waals surface area contributed by atoms with E-state index in [0.717, 1.165) is 11.3 Å². The van der Waals surface area contributed by atoms with Gasteiger partial charge in [-0.15, -0.1) is 0 Å². The molecule has 4 nitrogen and oxygen atoms in total. The van der Waals surface area contributed by atoms with Crippen LogP contribution in [-0.2, 0) is 5.33 Å². The summed E-state index contributed by atoms with van der Waals surface area (Å²) in [6, 6.07) is 11.0. The third-order valence-electron chi connectivity index (χ3n) is 3.14. The maximum Gasteiger partial charge on any atom is 0.269 e. The number of hydrogen-bond acceptors (Lipinski definition) is 3. The number of anilines is 2. The van der Waals surface area contributed by atoms with E-state index in [9.17, 15) is 14.5 Å². The molecule has 0 atom stereocenters. The van der Waals surface area contributed by atoms with Crippen molar-refractivity contribution in [1.82, 2.24) is 0 Å². The Morgan fingerprint density at radius 3 is 2.62 bits per heavy atom. The second kappa shape index (κ2) is 6.67. The molecule has 0 aliphatic carbocycles. The minimum Gasteiger partial charge on any atom is -0.341 e. The molecule has 0 aliphatic rings. The van der Waals surface area contributed by atoms with Gasteiger partial charge in [0.1, 0.15) is 5.82 Å². The summed E-state index contributed by atoms with van der Waals surface area (Å²) < 4.78 is 13.4. The highest BCUT2D eigenvalue weighted by atomic mass is 79.9. The minimum absolute atomic E-state index is 0.0449. The van der Waals surface area contributed by atoms with Crippen molar-refractivity contribution in [2.75, 3.05) is 11.4 Å². The molecule has 110 valence electrons. The van der Waals surface area contributed by atoms with Crippen LogP contribution in [0.3, 0.4) is 0 Å². The van der Waals surface area contributed by atoms with Crippen molar-refractivity contribution < 1.29 is 9.31 Å². The van der Waals surface area contributed by atoms with Gasteiger partial charge in [0.2, 0.25) is 0 Å². The fourth-order valence-corrected chi connectivity index (χ4v) is 2.64. The first-order chi connectivity index (χ1) is 10.1. The van der Waals surface area contributed by atoms with Crippen molar-refractivity contribution in [2.24, 2.45) is 0 Å². The number of rotatable bonds is 5. The zero-order valence-electron chi connectivity index (χ0n) is 11.4. The maximum absolute atomic E-state index is 13.4. The monoisotopic (exact) mass is 352 g/mol. The first-order valence-electron chi connectivity index (χ1n) is 6.43. The van der Waals surface area contributed by atoms with Crippen LogP contribution in [0.25, 0.3) is 0 Å². The lowest BCUT2D eigenvalue weighted by atomic mass is 10.1. The van der Waals surface area contributed by atoms with E-state index < -0.39 is 4.92 Å². The summed E-state index contributed by atoms with van der Waals surface area (Å²) >= 11 is 3.35. The molecule has 0 unspecified atom stereocenters. The Balaban J connectivity index is 2.49. The number of benzene rings is 2. The number of nitrogens with zero attached hydrogens (tertiary/aromatic N) is 2. The average molecular weight is 353 g/mol. The molecule has 0 amide bonds. The van der Waals surface area contributed by atoms with Gasteiger partial charge in [-0.2, -0.15) is 0 Å². The van der Waals surface area contributed by atoms with E-state index in [1.165, 1.54) is 24.3 Å². The Kier molecular flexibility index (Phi) is 4.90. The van der Waals surface area contributed by atoms with E-state index in [1.807, 2.05) is 17.9 Å². The first kappa shape index (κ1) is 15.4. The molecule has 0 saturated carbocycles. The van der Waals surface area contributed by atoms with Crippen LogP contribution in [0.5, 0.6) is 0 Å². The van der Waals surface area contributed by atoms with Gasteiger partial charge >= 0.3 is 0 Å². The first-order valence-corrected chi connectivity index (χ1v) is 7.55. The second-order valence-electron chi connectivity index (χ2n) is 4.43. The van der Waals surface area contributed by atoms with Crippen molar-refractivity contribution in [1.29, 1.82) is 0 Å². The fraction of sp³-hybridized carbons (Fsp3) is 0.200. The molecule has 6 heteroatoms. The van der Waals surface area contributed by atoms with E-state index in [-0.39, 0.29) is 11.5 Å². The van der Waals surface area contributed by atoms with Gasteiger partial charge in [0.25, 0.3) is 5.69 Å². The van der Waals surface area contributed by atoms with Gasteiger partial charge in [-0.1, -0.05) is 22.0 Å². The van der Waals surface area contributed by atoms with E-state index in [4.69, 9.17) is 0 Å². The average Bonchev–Trinajstić information content (AvgIpc) is 2.48. The van der Waals surface area contributed by atoms with Crippen molar-refractivity contribution in [3.63, 3.8) is 0 Å². The largest absolute Gasteiger partial charge is 0.341 e. The topological polar surface area (TPSA) is 46.4 Å². The number of nitro groups is 1. The van der Waals surface area contributed by atoms with Crippen LogP contribution in [0, 0.1) is 15.9 Å². The van der Waals surface area contributed by atoms with Gasteiger partial charge in [-0.3, -0.25) is 10.1 Å². The number of halogens is 2. The van der Waals surface area contributed by atoms with Gasteiger partial charge in [-0.25, -0.2) is 4.39 Å². The highest BCUT2D eigenvalue weighted by Gasteiger charge is 2.15. The predicted molar refractivity (Wildman–Crippen MR) is 84.8 cm³/mol. The molecule has 21 heavy (non-hydrogen) atoms. The maximum atomic E-state index is 13.4. The summed E-state index contributed by atoms with van der Waals surface area (Å²) in [7, 11) is 0. The molecular formula is C15H14BrFN2O2. The Hall–Kier alpha value is -1.95. The molecule has 0 saturated heterocycles. The van der Waals surface area contributed by atoms with Gasteiger partial charge in [0.15, 0.2) is 0 Å². The van der Waals surface area contributed by atoms with Gasteiger partial charge < -0.3 is 4.90 Å². The highest BCUT2D eigenvalue weighted by Crippen LogP contribution is 2.32. The summed E-state index contributed by atoms with van der Waals surface area (Å²) in [5.41, 5.74) is 2.37. The molecular weight excluding hydrogens is 339 g/mol. The molecule has 0 spiro atoms. The lowest BCUT2D eigenvalue weighted by Gasteiger charge is -2.25. The van der Waals surface area contributed by atoms with Crippen LogP contribution in [0.1, 0.15) is 12.5 Å². The van der Waals surface area contributed by atoms with Gasteiger partial charge in [-0.05, 0) is 36.8 Å². The molecule has 2 aromatic carbocycles. The molecule has 0 fully saturated rings. The number of nitro benzene ring substituents is 1. The summed E-state index contributed by atoms with van der Waals surface area (Å²) in [6.07, 6.45) is 0. The summed E-state index contributed by atoms with van der Waals surface area (Å²) in [5, 5.41) is 11.3. The van der Waals surface area contributed by atoms with Crippen LogP contribution in [0.2, 0.25) is 0 Å². The van der Waals surface area contributed by atoms with Crippen molar-refractivity contribution in [3.8, 4) is 0 Å².